The third-order valence-electron chi connectivity index (χ3n) is 2.33. The fourth-order valence-electron chi connectivity index (χ4n) is 1.47. The van der Waals surface area contributed by atoms with Crippen LogP contribution in [0.5, 0.6) is 5.75 Å². The standard InChI is InChI=1S/C9H13N5OS/c1-14-7(4-11-13-14)9(12-10)8-3-6(15-2)5-16-8/h3-5,9,12H,10H2,1-2H3. The maximum absolute atomic E-state index is 5.56. The van der Waals surface area contributed by atoms with Gasteiger partial charge in [-0.15, -0.1) is 16.4 Å². The highest BCUT2D eigenvalue weighted by Gasteiger charge is 2.18. The van der Waals surface area contributed by atoms with Crippen LogP contribution < -0.4 is 16.0 Å². The quantitative estimate of drug-likeness (QED) is 0.598. The fraction of sp³-hybridized carbons (Fsp3) is 0.333. The van der Waals surface area contributed by atoms with Crippen molar-refractivity contribution >= 4 is 11.3 Å². The van der Waals surface area contributed by atoms with Gasteiger partial charge in [0.1, 0.15) is 5.75 Å². The maximum atomic E-state index is 5.56. The van der Waals surface area contributed by atoms with Crippen LogP contribution in [0.1, 0.15) is 16.6 Å². The van der Waals surface area contributed by atoms with E-state index in [1.54, 1.807) is 29.3 Å². The number of hydrogen-bond acceptors (Lipinski definition) is 6. The lowest BCUT2D eigenvalue weighted by molar-refractivity contribution is 0.416. The molecule has 0 aliphatic heterocycles. The molecule has 0 radical (unpaired) electrons. The second-order valence-corrected chi connectivity index (χ2v) is 4.21. The summed E-state index contributed by atoms with van der Waals surface area (Å²) in [5, 5.41) is 9.65. The molecular weight excluding hydrogens is 226 g/mol. The Hall–Kier alpha value is -1.44. The number of aryl methyl sites for hydroxylation is 1. The zero-order valence-electron chi connectivity index (χ0n) is 9.04. The van der Waals surface area contributed by atoms with Gasteiger partial charge in [0, 0.05) is 17.3 Å². The van der Waals surface area contributed by atoms with Crippen LogP contribution in [0.25, 0.3) is 0 Å². The Balaban J connectivity index is 2.32. The largest absolute Gasteiger partial charge is 0.496 e. The first kappa shape index (κ1) is 11.1. The monoisotopic (exact) mass is 239 g/mol. The van der Waals surface area contributed by atoms with Crippen LogP contribution >= 0.6 is 11.3 Å². The number of aromatic nitrogens is 3. The molecule has 3 N–H and O–H groups in total. The lowest BCUT2D eigenvalue weighted by atomic mass is 10.2. The zero-order valence-corrected chi connectivity index (χ0v) is 9.86. The van der Waals surface area contributed by atoms with Crippen molar-refractivity contribution in [2.75, 3.05) is 7.11 Å². The van der Waals surface area contributed by atoms with Crippen molar-refractivity contribution in [1.29, 1.82) is 0 Å². The number of nitrogens with two attached hydrogens (primary N) is 1. The molecule has 0 bridgehead atoms. The van der Waals surface area contributed by atoms with E-state index in [0.29, 0.717) is 0 Å². The summed E-state index contributed by atoms with van der Waals surface area (Å²) in [6, 6.07) is 1.83. The van der Waals surface area contributed by atoms with Gasteiger partial charge < -0.3 is 4.74 Å². The Morgan fingerprint density at radius 1 is 1.62 bits per heavy atom. The Morgan fingerprint density at radius 2 is 2.44 bits per heavy atom. The first-order valence-electron chi connectivity index (χ1n) is 4.69. The first-order valence-corrected chi connectivity index (χ1v) is 5.57. The second kappa shape index (κ2) is 4.60. The van der Waals surface area contributed by atoms with E-state index in [0.717, 1.165) is 16.3 Å². The summed E-state index contributed by atoms with van der Waals surface area (Å²) in [5.41, 5.74) is 3.66. The summed E-state index contributed by atoms with van der Waals surface area (Å²) in [6.07, 6.45) is 1.69. The summed E-state index contributed by atoms with van der Waals surface area (Å²) in [5.74, 6) is 6.39. The van der Waals surface area contributed by atoms with E-state index >= 15 is 0 Å². The molecule has 2 aromatic rings. The van der Waals surface area contributed by atoms with Crippen LogP contribution in [-0.4, -0.2) is 22.1 Å². The SMILES string of the molecule is COc1csc(C(NN)c2cnnn2C)c1. The van der Waals surface area contributed by atoms with Crippen molar-refractivity contribution < 1.29 is 4.74 Å². The molecule has 0 saturated carbocycles. The van der Waals surface area contributed by atoms with Gasteiger partial charge in [-0.1, -0.05) is 5.21 Å². The van der Waals surface area contributed by atoms with Gasteiger partial charge in [0.25, 0.3) is 0 Å². The van der Waals surface area contributed by atoms with E-state index in [4.69, 9.17) is 10.6 Å². The highest BCUT2D eigenvalue weighted by atomic mass is 32.1. The number of thiophene rings is 1. The Morgan fingerprint density at radius 3 is 2.94 bits per heavy atom. The molecule has 1 unspecified atom stereocenters. The molecule has 6 nitrogen and oxygen atoms in total. The molecule has 0 spiro atoms. The molecule has 0 saturated heterocycles. The predicted octanol–water partition coefficient (Wildman–Crippen LogP) is 0.438. The highest BCUT2D eigenvalue weighted by Crippen LogP contribution is 2.29. The predicted molar refractivity (Wildman–Crippen MR) is 61.0 cm³/mol. The van der Waals surface area contributed by atoms with Crippen molar-refractivity contribution in [3.63, 3.8) is 0 Å². The lowest BCUT2D eigenvalue weighted by Gasteiger charge is -2.13. The van der Waals surface area contributed by atoms with Crippen LogP contribution in [0.2, 0.25) is 0 Å². The Kier molecular flexibility index (Phi) is 3.18. The summed E-state index contributed by atoms with van der Waals surface area (Å²) >= 11 is 1.58. The van der Waals surface area contributed by atoms with Crippen LogP contribution in [0, 0.1) is 0 Å². The van der Waals surface area contributed by atoms with Gasteiger partial charge >= 0.3 is 0 Å². The van der Waals surface area contributed by atoms with E-state index < -0.39 is 0 Å². The lowest BCUT2D eigenvalue weighted by Crippen LogP contribution is -2.29. The number of hydrogen-bond donors (Lipinski definition) is 2. The molecule has 0 aromatic carbocycles. The zero-order chi connectivity index (χ0) is 11.5. The minimum Gasteiger partial charge on any atom is -0.496 e. The molecular formula is C9H13N5OS. The average molecular weight is 239 g/mol. The number of ether oxygens (including phenoxy) is 1. The van der Waals surface area contributed by atoms with Crippen molar-refractivity contribution in [2.24, 2.45) is 12.9 Å². The molecule has 2 rings (SSSR count). The summed E-state index contributed by atoms with van der Waals surface area (Å²) in [6.45, 7) is 0. The number of rotatable bonds is 4. The topological polar surface area (TPSA) is 78.0 Å². The molecule has 0 amide bonds. The van der Waals surface area contributed by atoms with E-state index in [1.165, 1.54) is 0 Å². The van der Waals surface area contributed by atoms with E-state index in [9.17, 15) is 0 Å². The van der Waals surface area contributed by atoms with Crippen LogP contribution in [-0.2, 0) is 7.05 Å². The third-order valence-corrected chi connectivity index (χ3v) is 3.30. The average Bonchev–Trinajstić information content (AvgIpc) is 2.90. The number of nitrogens with zero attached hydrogens (tertiary/aromatic N) is 3. The van der Waals surface area contributed by atoms with Crippen molar-refractivity contribution in [1.82, 2.24) is 20.4 Å². The first-order chi connectivity index (χ1) is 7.76. The van der Waals surface area contributed by atoms with Gasteiger partial charge in [-0.05, 0) is 6.07 Å². The van der Waals surface area contributed by atoms with Gasteiger partial charge in [0.05, 0.1) is 25.0 Å². The molecule has 16 heavy (non-hydrogen) atoms. The molecule has 0 fully saturated rings. The summed E-state index contributed by atoms with van der Waals surface area (Å²) < 4.78 is 6.83. The third kappa shape index (κ3) is 1.92. The molecule has 7 heteroatoms. The highest BCUT2D eigenvalue weighted by molar-refractivity contribution is 7.10. The normalized spacial score (nSPS) is 12.7. The van der Waals surface area contributed by atoms with E-state index in [2.05, 4.69) is 15.7 Å². The van der Waals surface area contributed by atoms with Crippen molar-refractivity contribution in [3.05, 3.63) is 28.2 Å². The Bertz CT molecular complexity index is 466. The fourth-order valence-corrected chi connectivity index (χ4v) is 2.39. The molecule has 2 heterocycles. The smallest absolute Gasteiger partial charge is 0.129 e. The van der Waals surface area contributed by atoms with Crippen LogP contribution in [0.4, 0.5) is 0 Å². The summed E-state index contributed by atoms with van der Waals surface area (Å²) in [4.78, 5) is 1.06. The minimum absolute atomic E-state index is 0.117. The second-order valence-electron chi connectivity index (χ2n) is 3.27. The molecule has 0 aliphatic carbocycles. The van der Waals surface area contributed by atoms with Gasteiger partial charge in [-0.25, -0.2) is 5.43 Å². The van der Waals surface area contributed by atoms with Gasteiger partial charge in [-0.2, -0.15) is 0 Å². The van der Waals surface area contributed by atoms with Crippen molar-refractivity contribution in [2.45, 2.75) is 6.04 Å². The minimum atomic E-state index is -0.117. The molecule has 2 aromatic heterocycles. The number of methoxy groups -OCH3 is 1. The van der Waals surface area contributed by atoms with E-state index in [1.807, 2.05) is 18.5 Å². The molecule has 0 aliphatic rings. The van der Waals surface area contributed by atoms with Crippen LogP contribution in [0.15, 0.2) is 17.6 Å². The van der Waals surface area contributed by atoms with E-state index in [-0.39, 0.29) is 6.04 Å². The molecule has 86 valence electrons. The molecule has 1 atom stereocenters. The van der Waals surface area contributed by atoms with Gasteiger partial charge in [-0.3, -0.25) is 10.5 Å². The van der Waals surface area contributed by atoms with Gasteiger partial charge in [0.2, 0.25) is 0 Å². The Labute approximate surface area is 97.0 Å². The number of nitrogens with one attached hydrogen (secondary N) is 1. The van der Waals surface area contributed by atoms with Gasteiger partial charge in [0.15, 0.2) is 0 Å². The maximum Gasteiger partial charge on any atom is 0.129 e. The van der Waals surface area contributed by atoms with Crippen molar-refractivity contribution in [3.8, 4) is 5.75 Å². The number of hydrazine groups is 1. The summed E-state index contributed by atoms with van der Waals surface area (Å²) in [7, 11) is 3.47. The van der Waals surface area contributed by atoms with Crippen LogP contribution in [0.3, 0.4) is 0 Å².